The van der Waals surface area contributed by atoms with Gasteiger partial charge in [-0.2, -0.15) is 0 Å². The van der Waals surface area contributed by atoms with E-state index in [2.05, 4.69) is 15.9 Å². The highest BCUT2D eigenvalue weighted by Gasteiger charge is 2.08. The van der Waals surface area contributed by atoms with E-state index in [9.17, 15) is 9.18 Å². The Morgan fingerprint density at radius 3 is 2.59 bits per heavy atom. The molecule has 0 saturated heterocycles. The molecule has 0 aromatic heterocycles. The van der Waals surface area contributed by atoms with Crippen molar-refractivity contribution in [3.05, 3.63) is 64.4 Å². The normalized spacial score (nSPS) is 10.0. The van der Waals surface area contributed by atoms with E-state index < -0.39 is 11.8 Å². The molecule has 2 aromatic carbocycles. The highest BCUT2D eigenvalue weighted by atomic mass is 79.9. The van der Waals surface area contributed by atoms with Gasteiger partial charge >= 0.3 is 5.97 Å². The summed E-state index contributed by atoms with van der Waals surface area (Å²) in [6, 6.07) is 12.3. The number of carbonyl (C=O) groups excluding carboxylic acids is 1. The fourth-order valence-electron chi connectivity index (χ4n) is 1.31. The van der Waals surface area contributed by atoms with Gasteiger partial charge in [-0.25, -0.2) is 9.18 Å². The Hall–Kier alpha value is -1.68. The van der Waals surface area contributed by atoms with Gasteiger partial charge in [0.25, 0.3) is 0 Å². The molecule has 4 heteroatoms. The van der Waals surface area contributed by atoms with Gasteiger partial charge in [-0.3, -0.25) is 0 Å². The minimum Gasteiger partial charge on any atom is -0.423 e. The van der Waals surface area contributed by atoms with Crippen molar-refractivity contribution in [2.24, 2.45) is 0 Å². The Balaban J connectivity index is 2.17. The predicted octanol–water partition coefficient (Wildman–Crippen LogP) is 3.81. The van der Waals surface area contributed by atoms with Gasteiger partial charge in [-0.1, -0.05) is 28.1 Å². The topological polar surface area (TPSA) is 26.3 Å². The van der Waals surface area contributed by atoms with Crippen molar-refractivity contribution in [1.29, 1.82) is 0 Å². The van der Waals surface area contributed by atoms with Gasteiger partial charge in [0.15, 0.2) is 0 Å². The lowest BCUT2D eigenvalue weighted by molar-refractivity contribution is 0.0734. The Morgan fingerprint density at radius 1 is 1.12 bits per heavy atom. The second kappa shape index (κ2) is 5.10. The van der Waals surface area contributed by atoms with E-state index in [1.807, 2.05) is 0 Å². The molecule has 17 heavy (non-hydrogen) atoms. The van der Waals surface area contributed by atoms with Gasteiger partial charge in [0.05, 0.1) is 5.56 Å². The SMILES string of the molecule is O=C(Oc1cccc(F)c1)c1cccc(Br)c1. The third kappa shape index (κ3) is 3.14. The number of hydrogen-bond donors (Lipinski definition) is 0. The van der Waals surface area contributed by atoms with Crippen LogP contribution in [0, 0.1) is 5.82 Å². The van der Waals surface area contributed by atoms with Gasteiger partial charge in [0.1, 0.15) is 11.6 Å². The molecule has 0 aliphatic heterocycles. The third-order valence-corrected chi connectivity index (χ3v) is 2.56. The number of ether oxygens (including phenoxy) is 1. The standard InChI is InChI=1S/C13H8BrFO2/c14-10-4-1-3-9(7-10)13(16)17-12-6-2-5-11(15)8-12/h1-8H. The van der Waals surface area contributed by atoms with E-state index in [4.69, 9.17) is 4.74 Å². The Kier molecular flexibility index (Phi) is 3.54. The Bertz CT molecular complexity index is 555. The van der Waals surface area contributed by atoms with Crippen LogP contribution in [0.4, 0.5) is 4.39 Å². The number of hydrogen-bond acceptors (Lipinski definition) is 2. The van der Waals surface area contributed by atoms with E-state index in [1.54, 1.807) is 24.3 Å². The zero-order valence-electron chi connectivity index (χ0n) is 8.69. The van der Waals surface area contributed by atoms with Gasteiger partial charge < -0.3 is 4.74 Å². The van der Waals surface area contributed by atoms with Crippen LogP contribution in [0.15, 0.2) is 53.0 Å². The second-order valence-corrected chi connectivity index (χ2v) is 4.27. The molecule has 0 bridgehead atoms. The molecule has 2 rings (SSSR count). The van der Waals surface area contributed by atoms with Crippen LogP contribution in [0.5, 0.6) is 5.75 Å². The molecule has 2 nitrogen and oxygen atoms in total. The monoisotopic (exact) mass is 294 g/mol. The highest BCUT2D eigenvalue weighted by molar-refractivity contribution is 9.10. The van der Waals surface area contributed by atoms with Crippen molar-refractivity contribution < 1.29 is 13.9 Å². The molecule has 0 spiro atoms. The number of rotatable bonds is 2. The lowest BCUT2D eigenvalue weighted by Gasteiger charge is -2.04. The number of carbonyl (C=O) groups is 1. The van der Waals surface area contributed by atoms with Gasteiger partial charge in [0.2, 0.25) is 0 Å². The van der Waals surface area contributed by atoms with Crippen molar-refractivity contribution in [3.8, 4) is 5.75 Å². The molecule has 0 N–H and O–H groups in total. The molecular formula is C13H8BrFO2. The summed E-state index contributed by atoms with van der Waals surface area (Å²) < 4.78 is 18.7. The lowest BCUT2D eigenvalue weighted by atomic mass is 10.2. The predicted molar refractivity (Wildman–Crippen MR) is 65.5 cm³/mol. The molecule has 0 aliphatic carbocycles. The maximum Gasteiger partial charge on any atom is 0.343 e. The summed E-state index contributed by atoms with van der Waals surface area (Å²) in [5.74, 6) is -0.767. The van der Waals surface area contributed by atoms with Crippen molar-refractivity contribution in [2.75, 3.05) is 0 Å². The molecule has 0 aliphatic rings. The van der Waals surface area contributed by atoms with Crippen LogP contribution in [0.3, 0.4) is 0 Å². The van der Waals surface area contributed by atoms with Crippen LogP contribution in [0.25, 0.3) is 0 Å². The van der Waals surface area contributed by atoms with Crippen LogP contribution in [0.2, 0.25) is 0 Å². The minimum absolute atomic E-state index is 0.190. The van der Waals surface area contributed by atoms with Crippen LogP contribution in [0.1, 0.15) is 10.4 Å². The maximum absolute atomic E-state index is 12.9. The largest absolute Gasteiger partial charge is 0.423 e. The molecule has 86 valence electrons. The summed E-state index contributed by atoms with van der Waals surface area (Å²) >= 11 is 3.26. The van der Waals surface area contributed by atoms with Crippen LogP contribution >= 0.6 is 15.9 Å². The van der Waals surface area contributed by atoms with E-state index in [-0.39, 0.29) is 5.75 Å². The van der Waals surface area contributed by atoms with Gasteiger partial charge in [-0.05, 0) is 30.3 Å². The number of halogens is 2. The average molecular weight is 295 g/mol. The van der Waals surface area contributed by atoms with Crippen LogP contribution in [-0.2, 0) is 0 Å². The van der Waals surface area contributed by atoms with E-state index in [1.165, 1.54) is 18.2 Å². The summed E-state index contributed by atoms with van der Waals surface area (Å²) in [5.41, 5.74) is 0.406. The van der Waals surface area contributed by atoms with Crippen LogP contribution < -0.4 is 4.74 Å². The first kappa shape index (κ1) is 11.8. The third-order valence-electron chi connectivity index (χ3n) is 2.07. The van der Waals surface area contributed by atoms with Crippen molar-refractivity contribution in [3.63, 3.8) is 0 Å². The average Bonchev–Trinajstić information content (AvgIpc) is 2.29. The molecule has 0 fully saturated rings. The van der Waals surface area contributed by atoms with E-state index in [0.29, 0.717) is 5.56 Å². The van der Waals surface area contributed by atoms with Gasteiger partial charge in [0, 0.05) is 10.5 Å². The molecule has 0 heterocycles. The molecule has 0 amide bonds. The van der Waals surface area contributed by atoms with Crippen molar-refractivity contribution in [2.45, 2.75) is 0 Å². The molecule has 0 radical (unpaired) electrons. The highest BCUT2D eigenvalue weighted by Crippen LogP contribution is 2.16. The second-order valence-electron chi connectivity index (χ2n) is 3.36. The van der Waals surface area contributed by atoms with E-state index >= 15 is 0 Å². The zero-order valence-corrected chi connectivity index (χ0v) is 10.3. The summed E-state index contributed by atoms with van der Waals surface area (Å²) in [6.45, 7) is 0. The smallest absolute Gasteiger partial charge is 0.343 e. The summed E-state index contributed by atoms with van der Waals surface area (Å²) in [4.78, 5) is 11.7. The lowest BCUT2D eigenvalue weighted by Crippen LogP contribution is -2.08. The Labute approximate surface area is 106 Å². The summed E-state index contributed by atoms with van der Waals surface area (Å²) in [5, 5.41) is 0. The quantitative estimate of drug-likeness (QED) is 0.622. The fourth-order valence-corrected chi connectivity index (χ4v) is 1.71. The Morgan fingerprint density at radius 2 is 1.88 bits per heavy atom. The number of benzene rings is 2. The van der Waals surface area contributed by atoms with Crippen LogP contribution in [-0.4, -0.2) is 5.97 Å². The summed E-state index contributed by atoms with van der Waals surface area (Å²) in [6.07, 6.45) is 0. The minimum atomic E-state index is -0.517. The first-order valence-electron chi connectivity index (χ1n) is 4.88. The van der Waals surface area contributed by atoms with Gasteiger partial charge in [-0.15, -0.1) is 0 Å². The first-order valence-corrected chi connectivity index (χ1v) is 5.68. The molecule has 0 unspecified atom stereocenters. The summed E-state index contributed by atoms with van der Waals surface area (Å²) in [7, 11) is 0. The molecule has 0 saturated carbocycles. The molecule has 0 atom stereocenters. The first-order chi connectivity index (χ1) is 8.15. The molecule has 2 aromatic rings. The van der Waals surface area contributed by atoms with Crippen molar-refractivity contribution >= 4 is 21.9 Å². The zero-order chi connectivity index (χ0) is 12.3. The molecular weight excluding hydrogens is 287 g/mol. The fraction of sp³-hybridized carbons (Fsp3) is 0. The maximum atomic E-state index is 12.9. The van der Waals surface area contributed by atoms with E-state index in [0.717, 1.165) is 10.5 Å². The van der Waals surface area contributed by atoms with Crippen molar-refractivity contribution in [1.82, 2.24) is 0 Å². The number of esters is 1.